The fraction of sp³-hybridized carbons (Fsp3) is 0.809. The maximum absolute atomic E-state index is 13.0. The lowest BCUT2D eigenvalue weighted by atomic mass is 9.99. The molecular formula is C47H85NO7. The highest BCUT2D eigenvalue weighted by Gasteiger charge is 2.18. The standard InChI is InChI=1S/C47H85NO7/c1-6-9-12-15-17-18-19-20-21-22-23-24-25-28-31-36-45(49)53-40-44(42-55-47(51)52-38-33-32-37-48(4)5)41-54-46(50)39-43(34-29-26-14-11-8-3)35-30-27-16-13-10-7-2/h17-18,20-21,39,44H,6-16,19,22-38,40-42H2,1-5H3/b18-17-,21-20-,43-39+. The molecule has 55 heavy (non-hydrogen) atoms. The Morgan fingerprint density at radius 2 is 1.00 bits per heavy atom. The summed E-state index contributed by atoms with van der Waals surface area (Å²) in [4.78, 5) is 40.0. The summed E-state index contributed by atoms with van der Waals surface area (Å²) in [6.45, 7) is 7.81. The lowest BCUT2D eigenvalue weighted by Crippen LogP contribution is -2.26. The Morgan fingerprint density at radius 1 is 0.509 bits per heavy atom. The minimum Gasteiger partial charge on any atom is -0.465 e. The molecule has 8 heteroatoms. The zero-order valence-electron chi connectivity index (χ0n) is 36.4. The van der Waals surface area contributed by atoms with E-state index in [1.165, 1.54) is 83.5 Å². The molecule has 1 unspecified atom stereocenters. The van der Waals surface area contributed by atoms with Gasteiger partial charge in [-0.15, -0.1) is 0 Å². The summed E-state index contributed by atoms with van der Waals surface area (Å²) in [5.41, 5.74) is 1.14. The third kappa shape index (κ3) is 39.4. The SMILES string of the molecule is CCCCC/C=C\C/C=C\CCCCCCCC(=O)OCC(COC(=O)/C=C(\CCCCCCC)CCCCCCCC)COC(=O)OCCCCN(C)C. The van der Waals surface area contributed by atoms with Crippen molar-refractivity contribution in [3.63, 3.8) is 0 Å². The Balaban J connectivity index is 4.85. The van der Waals surface area contributed by atoms with E-state index in [0.717, 1.165) is 95.6 Å². The lowest BCUT2D eigenvalue weighted by molar-refractivity contribution is -0.148. The average Bonchev–Trinajstić information content (AvgIpc) is 3.16. The number of nitrogens with zero attached hydrogens (tertiary/aromatic N) is 1. The molecule has 8 nitrogen and oxygen atoms in total. The molecule has 0 aliphatic heterocycles. The molecule has 0 N–H and O–H groups in total. The first kappa shape index (κ1) is 52.4. The zero-order chi connectivity index (χ0) is 40.5. The predicted octanol–water partition coefficient (Wildman–Crippen LogP) is 13.0. The smallest absolute Gasteiger partial charge is 0.465 e. The molecule has 0 radical (unpaired) electrons. The van der Waals surface area contributed by atoms with E-state index in [-0.39, 0.29) is 38.4 Å². The number of carbonyl (C=O) groups is 3. The number of unbranched alkanes of at least 4 members (excludes halogenated alkanes) is 18. The number of hydrogen-bond acceptors (Lipinski definition) is 8. The van der Waals surface area contributed by atoms with Crippen LogP contribution in [0.4, 0.5) is 4.79 Å². The summed E-state index contributed by atoms with van der Waals surface area (Å²) in [5, 5.41) is 0. The Bertz CT molecular complexity index is 990. The molecule has 0 aromatic rings. The second-order valence-corrected chi connectivity index (χ2v) is 15.6. The third-order valence-corrected chi connectivity index (χ3v) is 9.70. The first-order valence-corrected chi connectivity index (χ1v) is 22.6. The molecular weight excluding hydrogens is 691 g/mol. The van der Waals surface area contributed by atoms with Crippen molar-refractivity contribution in [3.05, 3.63) is 36.0 Å². The first-order valence-electron chi connectivity index (χ1n) is 22.6. The highest BCUT2D eigenvalue weighted by Crippen LogP contribution is 2.19. The molecule has 0 aliphatic rings. The van der Waals surface area contributed by atoms with E-state index in [0.29, 0.717) is 6.42 Å². The van der Waals surface area contributed by atoms with Crippen LogP contribution in [0.25, 0.3) is 0 Å². The van der Waals surface area contributed by atoms with Gasteiger partial charge >= 0.3 is 18.1 Å². The number of hydrogen-bond donors (Lipinski definition) is 0. The van der Waals surface area contributed by atoms with E-state index >= 15 is 0 Å². The van der Waals surface area contributed by atoms with Gasteiger partial charge in [0.05, 0.1) is 12.5 Å². The molecule has 0 fully saturated rings. The summed E-state index contributed by atoms with van der Waals surface area (Å²) >= 11 is 0. The van der Waals surface area contributed by atoms with Crippen LogP contribution in [0.15, 0.2) is 36.0 Å². The van der Waals surface area contributed by atoms with Crippen LogP contribution in [-0.4, -0.2) is 70.1 Å². The Labute approximate surface area is 338 Å². The minimum absolute atomic E-state index is 0.00819. The maximum Gasteiger partial charge on any atom is 0.508 e. The summed E-state index contributed by atoms with van der Waals surface area (Å²) < 4.78 is 21.9. The van der Waals surface area contributed by atoms with E-state index in [1.807, 2.05) is 14.1 Å². The van der Waals surface area contributed by atoms with Crippen LogP contribution in [0.3, 0.4) is 0 Å². The van der Waals surface area contributed by atoms with E-state index in [2.05, 4.69) is 50.0 Å². The largest absolute Gasteiger partial charge is 0.508 e. The molecule has 0 rings (SSSR count). The molecule has 1 atom stereocenters. The van der Waals surface area contributed by atoms with Crippen LogP contribution in [0.2, 0.25) is 0 Å². The van der Waals surface area contributed by atoms with Crippen molar-refractivity contribution in [2.45, 2.75) is 194 Å². The first-order chi connectivity index (χ1) is 26.8. The molecule has 0 aromatic carbocycles. The summed E-state index contributed by atoms with van der Waals surface area (Å²) in [7, 11) is 4.01. The van der Waals surface area contributed by atoms with E-state index in [9.17, 15) is 14.4 Å². The summed E-state index contributed by atoms with van der Waals surface area (Å²) in [5.74, 6) is -1.16. The van der Waals surface area contributed by atoms with Crippen molar-refractivity contribution in [1.82, 2.24) is 4.90 Å². The van der Waals surface area contributed by atoms with Gasteiger partial charge in [-0.1, -0.05) is 141 Å². The number of esters is 2. The molecule has 0 aliphatic carbocycles. The van der Waals surface area contributed by atoms with Crippen LogP contribution >= 0.6 is 0 Å². The normalized spacial score (nSPS) is 12.5. The topological polar surface area (TPSA) is 91.4 Å². The van der Waals surface area contributed by atoms with Gasteiger partial charge in [-0.05, 0) is 97.7 Å². The van der Waals surface area contributed by atoms with Gasteiger partial charge in [0.1, 0.15) is 19.8 Å². The van der Waals surface area contributed by atoms with Gasteiger partial charge in [-0.3, -0.25) is 4.79 Å². The van der Waals surface area contributed by atoms with Crippen molar-refractivity contribution in [1.29, 1.82) is 0 Å². The van der Waals surface area contributed by atoms with Gasteiger partial charge in [-0.2, -0.15) is 0 Å². The van der Waals surface area contributed by atoms with Crippen LogP contribution in [0, 0.1) is 5.92 Å². The molecule has 320 valence electrons. The van der Waals surface area contributed by atoms with Crippen molar-refractivity contribution in [2.24, 2.45) is 5.92 Å². The lowest BCUT2D eigenvalue weighted by Gasteiger charge is -2.17. The minimum atomic E-state index is -0.762. The molecule has 0 aromatic heterocycles. The Hall–Kier alpha value is -2.61. The number of rotatable bonds is 39. The van der Waals surface area contributed by atoms with Gasteiger partial charge in [0.25, 0.3) is 0 Å². The summed E-state index contributed by atoms with van der Waals surface area (Å²) in [6.07, 6.45) is 39.3. The number of carbonyl (C=O) groups excluding carboxylic acids is 3. The maximum atomic E-state index is 13.0. The highest BCUT2D eigenvalue weighted by molar-refractivity contribution is 5.82. The quantitative estimate of drug-likeness (QED) is 0.0200. The zero-order valence-corrected chi connectivity index (χ0v) is 36.4. The number of allylic oxidation sites excluding steroid dienone is 5. The monoisotopic (exact) mass is 776 g/mol. The molecule has 0 saturated heterocycles. The third-order valence-electron chi connectivity index (χ3n) is 9.70. The van der Waals surface area contributed by atoms with Crippen molar-refractivity contribution in [3.8, 4) is 0 Å². The van der Waals surface area contributed by atoms with Gasteiger partial charge < -0.3 is 23.8 Å². The Kier molecular flexibility index (Phi) is 39.1. The van der Waals surface area contributed by atoms with Crippen LogP contribution < -0.4 is 0 Å². The average molecular weight is 776 g/mol. The fourth-order valence-electron chi connectivity index (χ4n) is 6.19. The van der Waals surface area contributed by atoms with E-state index in [1.54, 1.807) is 6.08 Å². The van der Waals surface area contributed by atoms with Crippen LogP contribution in [0.1, 0.15) is 194 Å². The van der Waals surface area contributed by atoms with Gasteiger partial charge in [0.15, 0.2) is 0 Å². The second-order valence-electron chi connectivity index (χ2n) is 15.6. The van der Waals surface area contributed by atoms with Crippen molar-refractivity contribution in [2.75, 3.05) is 47.1 Å². The molecule has 0 amide bonds. The summed E-state index contributed by atoms with van der Waals surface area (Å²) in [6, 6.07) is 0. The van der Waals surface area contributed by atoms with Gasteiger partial charge in [-0.25, -0.2) is 9.59 Å². The second kappa shape index (κ2) is 41.0. The van der Waals surface area contributed by atoms with Crippen LogP contribution in [0.5, 0.6) is 0 Å². The van der Waals surface area contributed by atoms with E-state index in [4.69, 9.17) is 18.9 Å². The van der Waals surface area contributed by atoms with Crippen LogP contribution in [-0.2, 0) is 28.5 Å². The molecule has 0 heterocycles. The number of ether oxygens (including phenoxy) is 4. The van der Waals surface area contributed by atoms with Crippen molar-refractivity contribution >= 4 is 18.1 Å². The fourth-order valence-corrected chi connectivity index (χ4v) is 6.19. The molecule has 0 bridgehead atoms. The van der Waals surface area contributed by atoms with E-state index < -0.39 is 12.1 Å². The predicted molar refractivity (Wildman–Crippen MR) is 229 cm³/mol. The van der Waals surface area contributed by atoms with Crippen molar-refractivity contribution < 1.29 is 33.3 Å². The molecule has 0 spiro atoms. The van der Waals surface area contributed by atoms with Gasteiger partial charge in [0.2, 0.25) is 0 Å². The van der Waals surface area contributed by atoms with Gasteiger partial charge in [0, 0.05) is 12.5 Å². The molecule has 0 saturated carbocycles. The Morgan fingerprint density at radius 3 is 1.60 bits per heavy atom. The highest BCUT2D eigenvalue weighted by atomic mass is 16.7.